The second kappa shape index (κ2) is 6.60. The van der Waals surface area contributed by atoms with Crippen LogP contribution in [0.5, 0.6) is 0 Å². The van der Waals surface area contributed by atoms with Crippen molar-refractivity contribution < 1.29 is 13.5 Å². The molecule has 2 aromatic rings. The summed E-state index contributed by atoms with van der Waals surface area (Å²) in [5.41, 5.74) is 0.190. The predicted molar refractivity (Wildman–Crippen MR) is 83.3 cm³/mol. The quantitative estimate of drug-likeness (QED) is 0.852. The average Bonchev–Trinajstić information content (AvgIpc) is 2.83. The Balaban J connectivity index is 2.27. The molecule has 0 fully saturated rings. The lowest BCUT2D eigenvalue weighted by atomic mass is 10.2. The molecule has 0 amide bonds. The Morgan fingerprint density at radius 1 is 1.38 bits per heavy atom. The number of halogens is 2. The fraction of sp³-hybridized carbons (Fsp3) is 0.250. The van der Waals surface area contributed by atoms with Gasteiger partial charge < -0.3 is 5.11 Å². The first-order valence-corrected chi connectivity index (χ1v) is 8.89. The lowest BCUT2D eigenvalue weighted by Crippen LogP contribution is -2.23. The molecule has 0 unspecified atom stereocenters. The highest BCUT2D eigenvalue weighted by Gasteiger charge is 2.21. The topological polar surface area (TPSA) is 79.3 Å². The van der Waals surface area contributed by atoms with Gasteiger partial charge in [0.05, 0.1) is 16.6 Å². The zero-order valence-electron chi connectivity index (χ0n) is 10.9. The van der Waals surface area contributed by atoms with Gasteiger partial charge in [0.1, 0.15) is 4.90 Å². The van der Waals surface area contributed by atoms with E-state index in [0.717, 1.165) is 9.88 Å². The summed E-state index contributed by atoms with van der Waals surface area (Å²) in [7, 11) is -3.80. The van der Waals surface area contributed by atoms with E-state index in [4.69, 9.17) is 23.2 Å². The van der Waals surface area contributed by atoms with Crippen LogP contribution in [0.25, 0.3) is 0 Å². The summed E-state index contributed by atoms with van der Waals surface area (Å²) in [5, 5.41) is 10.2. The molecule has 1 aromatic carbocycles. The molecule has 9 heteroatoms. The number of benzene rings is 1. The Kier molecular flexibility index (Phi) is 5.24. The fourth-order valence-corrected chi connectivity index (χ4v) is 4.39. The van der Waals surface area contributed by atoms with Crippen LogP contribution in [0, 0.1) is 6.92 Å². The molecule has 0 aliphatic heterocycles. The third-order valence-corrected chi connectivity index (χ3v) is 5.96. The van der Waals surface area contributed by atoms with E-state index in [9.17, 15) is 13.5 Å². The molecule has 1 heterocycles. The number of aliphatic hydroxyl groups is 1. The monoisotopic (exact) mass is 366 g/mol. The molecular weight excluding hydrogens is 355 g/mol. The highest BCUT2D eigenvalue weighted by molar-refractivity contribution is 7.89. The first-order valence-electron chi connectivity index (χ1n) is 5.84. The number of hydrogen-bond donors (Lipinski definition) is 2. The highest BCUT2D eigenvalue weighted by atomic mass is 35.5. The van der Waals surface area contributed by atoms with Crippen molar-refractivity contribution in [2.75, 3.05) is 0 Å². The lowest BCUT2D eigenvalue weighted by molar-refractivity contribution is 0.281. The Labute approximate surface area is 136 Å². The van der Waals surface area contributed by atoms with Gasteiger partial charge in [0.25, 0.3) is 0 Å². The number of aromatic nitrogens is 1. The van der Waals surface area contributed by atoms with E-state index < -0.39 is 16.6 Å². The van der Waals surface area contributed by atoms with E-state index in [1.165, 1.54) is 23.5 Å². The van der Waals surface area contributed by atoms with Crippen LogP contribution in [0.2, 0.25) is 10.0 Å². The number of aryl methyl sites for hydroxylation is 1. The van der Waals surface area contributed by atoms with Crippen molar-refractivity contribution in [2.45, 2.75) is 25.0 Å². The Hall–Kier alpha value is -0.700. The third-order valence-electron chi connectivity index (χ3n) is 2.70. The van der Waals surface area contributed by atoms with Crippen LogP contribution in [0.15, 0.2) is 23.2 Å². The van der Waals surface area contributed by atoms with E-state index in [1.807, 2.05) is 6.92 Å². The molecule has 0 radical (unpaired) electrons. The molecule has 114 valence electrons. The maximum atomic E-state index is 12.3. The Morgan fingerprint density at radius 3 is 2.67 bits per heavy atom. The molecule has 0 spiro atoms. The fourth-order valence-electron chi connectivity index (χ4n) is 1.66. The lowest BCUT2D eigenvalue weighted by Gasteiger charge is -2.11. The average molecular weight is 367 g/mol. The third kappa shape index (κ3) is 3.74. The molecular formula is C12H12Cl2N2O3S2. The molecule has 0 saturated carbocycles. The van der Waals surface area contributed by atoms with Gasteiger partial charge in [0.15, 0.2) is 0 Å². The van der Waals surface area contributed by atoms with Crippen LogP contribution in [-0.4, -0.2) is 18.5 Å². The summed E-state index contributed by atoms with van der Waals surface area (Å²) < 4.78 is 27.0. The summed E-state index contributed by atoms with van der Waals surface area (Å²) in [6.45, 7) is 1.53. The maximum absolute atomic E-state index is 12.3. The van der Waals surface area contributed by atoms with Gasteiger partial charge in [-0.3, -0.25) is 0 Å². The summed E-state index contributed by atoms with van der Waals surface area (Å²) in [6.07, 6.45) is 1.62. The number of hydrogen-bond acceptors (Lipinski definition) is 5. The van der Waals surface area contributed by atoms with Gasteiger partial charge in [0.2, 0.25) is 10.0 Å². The molecule has 1 aromatic heterocycles. The van der Waals surface area contributed by atoms with Crippen LogP contribution in [0.1, 0.15) is 15.4 Å². The van der Waals surface area contributed by atoms with Crippen molar-refractivity contribution in [3.8, 4) is 0 Å². The summed E-state index contributed by atoms with van der Waals surface area (Å²) >= 11 is 13.3. The summed E-state index contributed by atoms with van der Waals surface area (Å²) in [6, 6.07) is 2.70. The molecule has 2 N–H and O–H groups in total. The molecule has 0 saturated heterocycles. The number of sulfonamides is 1. The standard InChI is InChI=1S/C12H12Cl2N2O3S2/c1-7-15-4-8(20-7)5-16-21(18,19)11-3-2-10(13)9(6-17)12(11)14/h2-4,16-17H,5-6H2,1H3. The minimum Gasteiger partial charge on any atom is -0.392 e. The van der Waals surface area contributed by atoms with Crippen LogP contribution in [0.4, 0.5) is 0 Å². The smallest absolute Gasteiger partial charge is 0.242 e. The van der Waals surface area contributed by atoms with Gasteiger partial charge in [-0.2, -0.15) is 0 Å². The van der Waals surface area contributed by atoms with Gasteiger partial charge in [-0.05, 0) is 19.1 Å². The molecule has 0 bridgehead atoms. The number of aliphatic hydroxyl groups excluding tert-OH is 1. The number of rotatable bonds is 5. The first-order chi connectivity index (χ1) is 9.85. The van der Waals surface area contributed by atoms with Crippen molar-refractivity contribution in [3.63, 3.8) is 0 Å². The highest BCUT2D eigenvalue weighted by Crippen LogP contribution is 2.31. The summed E-state index contributed by atoms with van der Waals surface area (Å²) in [4.78, 5) is 4.74. The summed E-state index contributed by atoms with van der Waals surface area (Å²) in [5.74, 6) is 0. The van der Waals surface area contributed by atoms with E-state index in [-0.39, 0.29) is 27.0 Å². The van der Waals surface area contributed by atoms with Gasteiger partial charge in [-0.25, -0.2) is 18.1 Å². The molecule has 0 aliphatic rings. The van der Waals surface area contributed by atoms with E-state index in [0.29, 0.717) is 0 Å². The number of thiazole rings is 1. The minimum atomic E-state index is -3.80. The number of nitrogens with zero attached hydrogens (tertiary/aromatic N) is 1. The SMILES string of the molecule is Cc1ncc(CNS(=O)(=O)c2ccc(Cl)c(CO)c2Cl)s1. The molecule has 5 nitrogen and oxygen atoms in total. The van der Waals surface area contributed by atoms with Crippen molar-refractivity contribution in [3.05, 3.63) is 43.8 Å². The van der Waals surface area contributed by atoms with Crippen LogP contribution in [0.3, 0.4) is 0 Å². The van der Waals surface area contributed by atoms with Crippen molar-refractivity contribution >= 4 is 44.6 Å². The van der Waals surface area contributed by atoms with Crippen LogP contribution < -0.4 is 4.72 Å². The Bertz CT molecular complexity index is 760. The van der Waals surface area contributed by atoms with E-state index >= 15 is 0 Å². The number of nitrogens with one attached hydrogen (secondary N) is 1. The van der Waals surface area contributed by atoms with Gasteiger partial charge in [-0.15, -0.1) is 11.3 Å². The first kappa shape index (κ1) is 16.7. The zero-order valence-corrected chi connectivity index (χ0v) is 14.1. The molecule has 0 atom stereocenters. The van der Waals surface area contributed by atoms with Crippen LogP contribution >= 0.6 is 34.5 Å². The zero-order chi connectivity index (χ0) is 15.6. The van der Waals surface area contributed by atoms with E-state index in [1.54, 1.807) is 6.20 Å². The minimum absolute atomic E-state index is 0.0713. The Morgan fingerprint density at radius 2 is 2.10 bits per heavy atom. The van der Waals surface area contributed by atoms with Crippen molar-refractivity contribution in [1.29, 1.82) is 0 Å². The molecule has 0 aliphatic carbocycles. The largest absolute Gasteiger partial charge is 0.392 e. The van der Waals surface area contributed by atoms with Crippen LogP contribution in [-0.2, 0) is 23.2 Å². The maximum Gasteiger partial charge on any atom is 0.242 e. The van der Waals surface area contributed by atoms with Gasteiger partial charge in [-0.1, -0.05) is 23.2 Å². The van der Waals surface area contributed by atoms with E-state index in [2.05, 4.69) is 9.71 Å². The predicted octanol–water partition coefficient (Wildman–Crippen LogP) is 2.73. The van der Waals surface area contributed by atoms with Crippen molar-refractivity contribution in [2.24, 2.45) is 0 Å². The van der Waals surface area contributed by atoms with Gasteiger partial charge >= 0.3 is 0 Å². The second-order valence-corrected chi connectivity index (χ2v) is 8.01. The van der Waals surface area contributed by atoms with Gasteiger partial charge in [0, 0.05) is 28.2 Å². The molecule has 21 heavy (non-hydrogen) atoms. The van der Waals surface area contributed by atoms with Crippen molar-refractivity contribution in [1.82, 2.24) is 9.71 Å². The second-order valence-electron chi connectivity index (χ2n) is 4.17. The molecule has 2 rings (SSSR count). The normalized spacial score (nSPS) is 11.8.